The van der Waals surface area contributed by atoms with Crippen molar-refractivity contribution in [1.82, 2.24) is 0 Å². The van der Waals surface area contributed by atoms with Gasteiger partial charge < -0.3 is 0 Å². The average Bonchev–Trinajstić information content (AvgIpc) is 2.39. The van der Waals surface area contributed by atoms with E-state index in [1.807, 2.05) is 0 Å². The van der Waals surface area contributed by atoms with E-state index in [4.69, 9.17) is 0 Å². The van der Waals surface area contributed by atoms with E-state index in [9.17, 15) is 0 Å². The molecule has 0 amide bonds. The lowest BCUT2D eigenvalue weighted by molar-refractivity contribution is 0.290. The number of hydrogen-bond donors (Lipinski definition) is 0. The summed E-state index contributed by atoms with van der Waals surface area (Å²) in [6.07, 6.45) is 0. The predicted octanol–water partition coefficient (Wildman–Crippen LogP) is 1.76. The van der Waals surface area contributed by atoms with Crippen LogP contribution in [0.4, 0.5) is 0 Å². The minimum absolute atomic E-state index is 1.04. The van der Waals surface area contributed by atoms with Crippen LogP contribution in [-0.2, 0) is 0 Å². The van der Waals surface area contributed by atoms with Crippen LogP contribution in [-0.4, -0.2) is 10.5 Å². The van der Waals surface area contributed by atoms with Gasteiger partial charge in [-0.15, -0.1) is 0 Å². The molecule has 7 heavy (non-hydrogen) atoms. The summed E-state index contributed by atoms with van der Waals surface area (Å²) in [7, 11) is 0. The Balaban J connectivity index is 2.09. The highest BCUT2D eigenvalue weighted by atomic mass is 32.2. The van der Waals surface area contributed by atoms with Crippen molar-refractivity contribution >= 4 is 11.8 Å². The van der Waals surface area contributed by atoms with E-state index in [-0.39, 0.29) is 0 Å². The molecule has 4 atom stereocenters. The molecule has 0 radical (unpaired) electrons. The van der Waals surface area contributed by atoms with Gasteiger partial charge >= 0.3 is 0 Å². The molecule has 1 saturated carbocycles. The smallest absolute Gasteiger partial charge is 0.0201 e. The highest BCUT2D eigenvalue weighted by Gasteiger charge is 2.58. The third-order valence-corrected chi connectivity index (χ3v) is 4.19. The monoisotopic (exact) mass is 114 g/mol. The van der Waals surface area contributed by atoms with Crippen molar-refractivity contribution in [2.75, 3.05) is 0 Å². The lowest BCUT2D eigenvalue weighted by Gasteiger charge is -2.26. The van der Waals surface area contributed by atoms with Gasteiger partial charge in [0.05, 0.1) is 0 Å². The molecule has 0 aromatic rings. The Bertz CT molecular complexity index is 88.4. The summed E-state index contributed by atoms with van der Waals surface area (Å²) < 4.78 is 0. The van der Waals surface area contributed by atoms with Crippen LogP contribution in [0, 0.1) is 11.8 Å². The van der Waals surface area contributed by atoms with Crippen LogP contribution in [0.5, 0.6) is 0 Å². The first kappa shape index (κ1) is 4.25. The van der Waals surface area contributed by atoms with Crippen LogP contribution >= 0.6 is 11.8 Å². The molecule has 4 unspecified atom stereocenters. The van der Waals surface area contributed by atoms with Gasteiger partial charge in [-0.2, -0.15) is 11.8 Å². The number of fused-ring (bicyclic) bond motifs is 1. The first-order valence-electron chi connectivity index (χ1n) is 2.96. The molecule has 0 spiro atoms. The predicted molar refractivity (Wildman–Crippen MR) is 33.5 cm³/mol. The van der Waals surface area contributed by atoms with Gasteiger partial charge in [-0.05, 0) is 11.8 Å². The molecule has 1 heterocycles. The summed E-state index contributed by atoms with van der Waals surface area (Å²) in [5.41, 5.74) is 0. The van der Waals surface area contributed by atoms with Gasteiger partial charge in [-0.3, -0.25) is 0 Å². The first-order valence-corrected chi connectivity index (χ1v) is 3.90. The lowest BCUT2D eigenvalue weighted by Crippen LogP contribution is -2.31. The molecule has 0 nitrogen and oxygen atoms in total. The Morgan fingerprint density at radius 2 is 1.43 bits per heavy atom. The summed E-state index contributed by atoms with van der Waals surface area (Å²) in [4.78, 5) is 0. The summed E-state index contributed by atoms with van der Waals surface area (Å²) in [5, 5.41) is 2.19. The van der Waals surface area contributed by atoms with E-state index < -0.39 is 0 Å². The number of hydrogen-bond acceptors (Lipinski definition) is 1. The molecule has 0 bridgehead atoms. The fraction of sp³-hybridized carbons (Fsp3) is 1.00. The van der Waals surface area contributed by atoms with E-state index in [1.165, 1.54) is 0 Å². The summed E-state index contributed by atoms with van der Waals surface area (Å²) >= 11 is 2.17. The highest BCUT2D eigenvalue weighted by Crippen LogP contribution is 2.63. The normalized spacial score (nSPS) is 66.0. The van der Waals surface area contributed by atoms with Crippen LogP contribution < -0.4 is 0 Å². The molecule has 1 heteroatoms. The fourth-order valence-corrected chi connectivity index (χ4v) is 3.19. The zero-order valence-electron chi connectivity index (χ0n) is 4.72. The van der Waals surface area contributed by atoms with Crippen molar-refractivity contribution in [3.63, 3.8) is 0 Å². The van der Waals surface area contributed by atoms with E-state index in [2.05, 4.69) is 25.6 Å². The quantitative estimate of drug-likeness (QED) is 0.432. The second-order valence-corrected chi connectivity index (χ2v) is 4.14. The Hall–Kier alpha value is 0.350. The van der Waals surface area contributed by atoms with Crippen LogP contribution in [0.1, 0.15) is 13.8 Å². The number of rotatable bonds is 0. The Morgan fingerprint density at radius 3 is 1.57 bits per heavy atom. The van der Waals surface area contributed by atoms with Crippen molar-refractivity contribution < 1.29 is 0 Å². The molecular weight excluding hydrogens is 104 g/mol. The van der Waals surface area contributed by atoms with E-state index >= 15 is 0 Å². The van der Waals surface area contributed by atoms with Crippen molar-refractivity contribution in [2.45, 2.75) is 24.3 Å². The van der Waals surface area contributed by atoms with Gasteiger partial charge in [-0.1, -0.05) is 13.8 Å². The van der Waals surface area contributed by atoms with Gasteiger partial charge in [0.2, 0.25) is 0 Å². The molecule has 0 N–H and O–H groups in total. The first-order chi connectivity index (χ1) is 3.30. The van der Waals surface area contributed by atoms with Gasteiger partial charge in [0.15, 0.2) is 0 Å². The lowest BCUT2D eigenvalue weighted by atomic mass is 9.77. The van der Waals surface area contributed by atoms with Crippen LogP contribution in [0.15, 0.2) is 0 Å². The number of thioether (sulfide) groups is 1. The topological polar surface area (TPSA) is 0 Å². The average molecular weight is 114 g/mol. The Kier molecular flexibility index (Phi) is 0.619. The van der Waals surface area contributed by atoms with Crippen molar-refractivity contribution in [1.29, 1.82) is 0 Å². The van der Waals surface area contributed by atoms with Gasteiger partial charge in [0, 0.05) is 10.5 Å². The van der Waals surface area contributed by atoms with E-state index in [1.54, 1.807) is 0 Å². The van der Waals surface area contributed by atoms with Crippen LogP contribution in [0.2, 0.25) is 0 Å². The maximum atomic E-state index is 2.37. The van der Waals surface area contributed by atoms with E-state index in [0.29, 0.717) is 0 Å². The van der Waals surface area contributed by atoms with Gasteiger partial charge in [0.25, 0.3) is 0 Å². The zero-order valence-corrected chi connectivity index (χ0v) is 5.53. The molecule has 0 aromatic heterocycles. The summed E-state index contributed by atoms with van der Waals surface area (Å²) in [6.45, 7) is 4.73. The van der Waals surface area contributed by atoms with Gasteiger partial charge in [-0.25, -0.2) is 0 Å². The molecule has 1 aliphatic heterocycles. The minimum Gasteiger partial charge on any atom is -0.152 e. The zero-order chi connectivity index (χ0) is 5.02. The molecule has 0 aromatic carbocycles. The van der Waals surface area contributed by atoms with Gasteiger partial charge in [0.1, 0.15) is 0 Å². The Morgan fingerprint density at radius 1 is 1.00 bits per heavy atom. The molecule has 40 valence electrons. The van der Waals surface area contributed by atoms with Crippen molar-refractivity contribution in [2.24, 2.45) is 11.8 Å². The summed E-state index contributed by atoms with van der Waals surface area (Å²) in [5.74, 6) is 2.07. The van der Waals surface area contributed by atoms with Crippen molar-refractivity contribution in [3.05, 3.63) is 0 Å². The maximum Gasteiger partial charge on any atom is 0.0201 e. The van der Waals surface area contributed by atoms with E-state index in [0.717, 1.165) is 22.3 Å². The minimum atomic E-state index is 1.04. The molecule has 1 aliphatic carbocycles. The standard InChI is InChI=1S/C6H10S/c1-3-4(2)6-5(3)7-6/h3-6H,1-2H3. The molecule has 2 rings (SSSR count). The third-order valence-electron chi connectivity index (χ3n) is 2.43. The van der Waals surface area contributed by atoms with Crippen LogP contribution in [0.25, 0.3) is 0 Å². The third kappa shape index (κ3) is 0.357. The molecule has 2 aliphatic rings. The second-order valence-electron chi connectivity index (χ2n) is 2.78. The summed E-state index contributed by atoms with van der Waals surface area (Å²) in [6, 6.07) is 0. The SMILES string of the molecule is CC1C(C)C2SC12. The maximum absolute atomic E-state index is 2.37. The fourth-order valence-electron chi connectivity index (χ4n) is 1.44. The van der Waals surface area contributed by atoms with Crippen molar-refractivity contribution in [3.8, 4) is 0 Å². The second kappa shape index (κ2) is 1.02. The molecule has 1 saturated heterocycles. The molecular formula is C6H10S. The van der Waals surface area contributed by atoms with Crippen LogP contribution in [0.3, 0.4) is 0 Å². The Labute approximate surface area is 48.7 Å². The largest absolute Gasteiger partial charge is 0.152 e. The molecule has 2 fully saturated rings. The highest BCUT2D eigenvalue weighted by molar-refractivity contribution is 8.08.